The van der Waals surface area contributed by atoms with E-state index in [2.05, 4.69) is 15.3 Å². The van der Waals surface area contributed by atoms with Gasteiger partial charge in [0.15, 0.2) is 0 Å². The zero-order chi connectivity index (χ0) is 18.2. The Hall–Kier alpha value is -2.67. The molecule has 7 heteroatoms. The standard InChI is InChI=1S/C18H24N4O3/c1-3-25-11-13-6-8-14(9-7-13)16(23)20-10-4-5-15-12(2)21-18(19)22-17(15)24/h6-9H,3-5,10-11H2,1-2H3,(H,20,23)(H3,19,21,22,24). The number of amides is 1. The Morgan fingerprint density at radius 2 is 2.04 bits per heavy atom. The normalized spacial score (nSPS) is 10.6. The molecule has 0 saturated heterocycles. The molecule has 25 heavy (non-hydrogen) atoms. The zero-order valence-electron chi connectivity index (χ0n) is 14.6. The van der Waals surface area contributed by atoms with Crippen LogP contribution >= 0.6 is 0 Å². The number of aromatic nitrogens is 2. The van der Waals surface area contributed by atoms with Crippen molar-refractivity contribution >= 4 is 11.9 Å². The van der Waals surface area contributed by atoms with Gasteiger partial charge >= 0.3 is 0 Å². The van der Waals surface area contributed by atoms with Gasteiger partial charge in [0.25, 0.3) is 11.5 Å². The van der Waals surface area contributed by atoms with Crippen molar-refractivity contribution in [3.05, 3.63) is 57.0 Å². The number of benzene rings is 1. The number of ether oxygens (including phenoxy) is 1. The second kappa shape index (κ2) is 8.98. The molecular weight excluding hydrogens is 320 g/mol. The molecular formula is C18H24N4O3. The first kappa shape index (κ1) is 18.7. The molecule has 2 aromatic rings. The van der Waals surface area contributed by atoms with Gasteiger partial charge in [-0.15, -0.1) is 0 Å². The van der Waals surface area contributed by atoms with Crippen LogP contribution in [0.1, 0.15) is 40.5 Å². The van der Waals surface area contributed by atoms with Crippen molar-refractivity contribution in [3.8, 4) is 0 Å². The van der Waals surface area contributed by atoms with Crippen molar-refractivity contribution < 1.29 is 9.53 Å². The number of aryl methyl sites for hydroxylation is 1. The highest BCUT2D eigenvalue weighted by atomic mass is 16.5. The molecule has 0 unspecified atom stereocenters. The molecule has 4 N–H and O–H groups in total. The van der Waals surface area contributed by atoms with Crippen molar-refractivity contribution in [2.45, 2.75) is 33.3 Å². The predicted molar refractivity (Wildman–Crippen MR) is 96.4 cm³/mol. The van der Waals surface area contributed by atoms with E-state index < -0.39 is 0 Å². The van der Waals surface area contributed by atoms with E-state index >= 15 is 0 Å². The number of H-pyrrole nitrogens is 1. The molecule has 0 aliphatic heterocycles. The molecule has 0 spiro atoms. The molecule has 0 radical (unpaired) electrons. The van der Waals surface area contributed by atoms with E-state index in [-0.39, 0.29) is 17.4 Å². The molecule has 0 atom stereocenters. The quantitative estimate of drug-likeness (QED) is 0.630. The summed E-state index contributed by atoms with van der Waals surface area (Å²) in [5.74, 6) is -0.0173. The molecule has 1 heterocycles. The fourth-order valence-electron chi connectivity index (χ4n) is 2.47. The summed E-state index contributed by atoms with van der Waals surface area (Å²) >= 11 is 0. The topological polar surface area (TPSA) is 110 Å². The Balaban J connectivity index is 1.82. The van der Waals surface area contributed by atoms with Gasteiger partial charge in [-0.1, -0.05) is 12.1 Å². The smallest absolute Gasteiger partial charge is 0.255 e. The molecule has 0 bridgehead atoms. The summed E-state index contributed by atoms with van der Waals surface area (Å²) in [6.07, 6.45) is 1.17. The monoisotopic (exact) mass is 344 g/mol. The van der Waals surface area contributed by atoms with Gasteiger partial charge in [0, 0.05) is 30.0 Å². The van der Waals surface area contributed by atoms with E-state index in [0.717, 1.165) is 5.56 Å². The number of nitrogens with one attached hydrogen (secondary N) is 2. The van der Waals surface area contributed by atoms with Crippen LogP contribution in [0.3, 0.4) is 0 Å². The Kier molecular flexibility index (Phi) is 6.71. The third-order valence-electron chi connectivity index (χ3n) is 3.82. The average molecular weight is 344 g/mol. The Labute approximate surface area is 146 Å². The number of nitrogen functional groups attached to an aromatic ring is 1. The van der Waals surface area contributed by atoms with Crippen molar-refractivity contribution in [2.24, 2.45) is 0 Å². The molecule has 0 aliphatic rings. The number of carbonyl (C=O) groups excluding carboxylic acids is 1. The fourth-order valence-corrected chi connectivity index (χ4v) is 2.47. The van der Waals surface area contributed by atoms with Gasteiger partial charge in [-0.2, -0.15) is 0 Å². The minimum absolute atomic E-state index is 0.118. The minimum atomic E-state index is -0.221. The Bertz CT molecular complexity index is 769. The Morgan fingerprint density at radius 3 is 2.68 bits per heavy atom. The Morgan fingerprint density at radius 1 is 1.32 bits per heavy atom. The molecule has 0 aliphatic carbocycles. The third-order valence-corrected chi connectivity index (χ3v) is 3.82. The van der Waals surface area contributed by atoms with E-state index in [1.54, 1.807) is 19.1 Å². The molecule has 7 nitrogen and oxygen atoms in total. The number of anilines is 1. The van der Waals surface area contributed by atoms with Crippen LogP contribution in [0.4, 0.5) is 5.95 Å². The number of nitrogens with zero attached hydrogens (tertiary/aromatic N) is 1. The third kappa shape index (κ3) is 5.42. The maximum absolute atomic E-state index is 12.1. The van der Waals surface area contributed by atoms with Crippen LogP contribution < -0.4 is 16.6 Å². The van der Waals surface area contributed by atoms with E-state index in [1.807, 2.05) is 19.1 Å². The van der Waals surface area contributed by atoms with E-state index in [9.17, 15) is 9.59 Å². The molecule has 1 aromatic carbocycles. The summed E-state index contributed by atoms with van der Waals surface area (Å²) in [5.41, 5.74) is 8.13. The summed E-state index contributed by atoms with van der Waals surface area (Å²) in [7, 11) is 0. The van der Waals surface area contributed by atoms with Gasteiger partial charge in [-0.3, -0.25) is 14.6 Å². The fraction of sp³-hybridized carbons (Fsp3) is 0.389. The summed E-state index contributed by atoms with van der Waals surface area (Å²) in [4.78, 5) is 30.5. The minimum Gasteiger partial charge on any atom is -0.377 e. The van der Waals surface area contributed by atoms with Crippen LogP contribution in [-0.2, 0) is 17.8 Å². The van der Waals surface area contributed by atoms with Crippen molar-refractivity contribution in [1.82, 2.24) is 15.3 Å². The largest absolute Gasteiger partial charge is 0.377 e. The summed E-state index contributed by atoms with van der Waals surface area (Å²) in [5, 5.41) is 2.85. The lowest BCUT2D eigenvalue weighted by molar-refractivity contribution is 0.0953. The van der Waals surface area contributed by atoms with Crippen LogP contribution in [0.5, 0.6) is 0 Å². The lowest BCUT2D eigenvalue weighted by Crippen LogP contribution is -2.26. The predicted octanol–water partition coefficient (Wildman–Crippen LogP) is 1.56. The maximum Gasteiger partial charge on any atom is 0.255 e. The van der Waals surface area contributed by atoms with Gasteiger partial charge in [0.05, 0.1) is 6.61 Å². The van der Waals surface area contributed by atoms with Crippen molar-refractivity contribution in [1.29, 1.82) is 0 Å². The SMILES string of the molecule is CCOCc1ccc(C(=O)NCCCc2c(C)nc(N)[nH]c2=O)cc1. The zero-order valence-corrected chi connectivity index (χ0v) is 14.6. The van der Waals surface area contributed by atoms with Gasteiger partial charge in [-0.05, 0) is 44.4 Å². The number of hydrogen-bond donors (Lipinski definition) is 3. The molecule has 2 rings (SSSR count). The first-order valence-corrected chi connectivity index (χ1v) is 8.31. The van der Waals surface area contributed by atoms with Crippen molar-refractivity contribution in [3.63, 3.8) is 0 Å². The molecule has 1 aromatic heterocycles. The highest BCUT2D eigenvalue weighted by Gasteiger charge is 2.08. The first-order chi connectivity index (χ1) is 12.0. The lowest BCUT2D eigenvalue weighted by atomic mass is 10.1. The van der Waals surface area contributed by atoms with Gasteiger partial charge in [0.2, 0.25) is 5.95 Å². The van der Waals surface area contributed by atoms with Gasteiger partial charge in [-0.25, -0.2) is 4.98 Å². The van der Waals surface area contributed by atoms with Crippen LogP contribution in [0.15, 0.2) is 29.1 Å². The second-order valence-electron chi connectivity index (χ2n) is 5.71. The summed E-state index contributed by atoms with van der Waals surface area (Å²) < 4.78 is 5.33. The lowest BCUT2D eigenvalue weighted by Gasteiger charge is -2.08. The van der Waals surface area contributed by atoms with E-state index in [1.165, 1.54) is 0 Å². The number of carbonyl (C=O) groups is 1. The summed E-state index contributed by atoms with van der Waals surface area (Å²) in [6, 6.07) is 7.33. The first-order valence-electron chi connectivity index (χ1n) is 8.31. The van der Waals surface area contributed by atoms with E-state index in [4.69, 9.17) is 10.5 Å². The number of rotatable bonds is 8. The maximum atomic E-state index is 12.1. The number of aromatic amines is 1. The number of nitrogens with two attached hydrogens (primary N) is 1. The van der Waals surface area contributed by atoms with Crippen molar-refractivity contribution in [2.75, 3.05) is 18.9 Å². The number of hydrogen-bond acceptors (Lipinski definition) is 5. The van der Waals surface area contributed by atoms with Crippen LogP contribution in [0.25, 0.3) is 0 Å². The molecule has 0 saturated carbocycles. The van der Waals surface area contributed by atoms with Gasteiger partial charge < -0.3 is 15.8 Å². The molecule has 134 valence electrons. The van der Waals surface area contributed by atoms with Crippen LogP contribution in [0.2, 0.25) is 0 Å². The van der Waals surface area contributed by atoms with Gasteiger partial charge in [0.1, 0.15) is 0 Å². The van der Waals surface area contributed by atoms with Crippen LogP contribution in [-0.4, -0.2) is 29.0 Å². The molecule has 0 fully saturated rings. The highest BCUT2D eigenvalue weighted by molar-refractivity contribution is 5.94. The summed E-state index contributed by atoms with van der Waals surface area (Å²) in [6.45, 7) is 5.37. The van der Waals surface area contributed by atoms with Crippen LogP contribution in [0, 0.1) is 6.92 Å². The molecule has 1 amide bonds. The second-order valence-corrected chi connectivity index (χ2v) is 5.71. The van der Waals surface area contributed by atoms with E-state index in [0.29, 0.717) is 49.4 Å². The average Bonchev–Trinajstić information content (AvgIpc) is 2.58. The highest BCUT2D eigenvalue weighted by Crippen LogP contribution is 2.06.